The third-order valence-electron chi connectivity index (χ3n) is 1.91. The van der Waals surface area contributed by atoms with Crippen LogP contribution in [0.15, 0.2) is 0 Å². The lowest BCUT2D eigenvalue weighted by Gasteiger charge is -2.28. The van der Waals surface area contributed by atoms with Gasteiger partial charge in [-0.1, -0.05) is 41.5 Å². The summed E-state index contributed by atoms with van der Waals surface area (Å²) in [5.41, 5.74) is 0. The zero-order valence-corrected chi connectivity index (χ0v) is 15.8. The highest BCUT2D eigenvalue weighted by molar-refractivity contribution is 4.70. The lowest BCUT2D eigenvalue weighted by molar-refractivity contribution is -0.0621. The SMILES string of the molecule is CC.CC.CC.CN(C)CC1CCC(O)CO1.CNC. The molecule has 1 aliphatic heterocycles. The van der Waals surface area contributed by atoms with Gasteiger partial charge >= 0.3 is 0 Å². The highest BCUT2D eigenvalue weighted by Crippen LogP contribution is 2.13. The summed E-state index contributed by atoms with van der Waals surface area (Å²) in [7, 11) is 7.82. The third kappa shape index (κ3) is 26.4. The van der Waals surface area contributed by atoms with Crippen LogP contribution in [-0.2, 0) is 4.74 Å². The van der Waals surface area contributed by atoms with Crippen molar-refractivity contribution in [3.8, 4) is 0 Å². The van der Waals surface area contributed by atoms with Gasteiger partial charge in [0.25, 0.3) is 0 Å². The van der Waals surface area contributed by atoms with E-state index >= 15 is 0 Å². The van der Waals surface area contributed by atoms with Crippen molar-refractivity contribution in [1.29, 1.82) is 0 Å². The van der Waals surface area contributed by atoms with E-state index in [2.05, 4.69) is 10.2 Å². The summed E-state index contributed by atoms with van der Waals surface area (Å²) in [6.07, 6.45) is 1.97. The molecule has 0 radical (unpaired) electrons. The molecule has 4 nitrogen and oxygen atoms in total. The minimum Gasteiger partial charge on any atom is -0.391 e. The average Bonchev–Trinajstić information content (AvgIpc) is 2.48. The predicted octanol–water partition coefficient (Wildman–Crippen LogP) is 3.00. The van der Waals surface area contributed by atoms with Gasteiger partial charge in [-0.15, -0.1) is 0 Å². The first kappa shape index (κ1) is 28.1. The molecule has 128 valence electrons. The zero-order valence-electron chi connectivity index (χ0n) is 15.8. The molecule has 1 fully saturated rings. The minimum absolute atomic E-state index is 0.228. The Morgan fingerprint density at radius 2 is 1.40 bits per heavy atom. The molecule has 1 heterocycles. The van der Waals surface area contributed by atoms with Crippen molar-refractivity contribution in [1.82, 2.24) is 10.2 Å². The van der Waals surface area contributed by atoms with Gasteiger partial charge in [-0.25, -0.2) is 0 Å². The molecule has 2 atom stereocenters. The van der Waals surface area contributed by atoms with Crippen molar-refractivity contribution >= 4 is 0 Å². The summed E-state index contributed by atoms with van der Waals surface area (Å²) in [4.78, 5) is 2.11. The minimum atomic E-state index is -0.228. The molecule has 1 rings (SSSR count). The molecular weight excluding hydrogens is 252 g/mol. The maximum absolute atomic E-state index is 9.12. The molecule has 0 bridgehead atoms. The van der Waals surface area contributed by atoms with E-state index in [0.29, 0.717) is 12.7 Å². The Bertz CT molecular complexity index is 126. The standard InChI is InChI=1S/C8H17NO2.C2H7N.3C2H6/c1-9(2)5-8-4-3-7(10)6-11-8;1-3-2;3*1-2/h7-8,10H,3-6H2,1-2H3;3H,1-2H3;3*1-2H3. The molecule has 0 saturated carbocycles. The van der Waals surface area contributed by atoms with Crippen LogP contribution in [0.4, 0.5) is 0 Å². The molecule has 2 unspecified atom stereocenters. The summed E-state index contributed by atoms with van der Waals surface area (Å²) < 4.78 is 5.41. The van der Waals surface area contributed by atoms with Crippen LogP contribution in [0, 0.1) is 0 Å². The lowest BCUT2D eigenvalue weighted by atomic mass is 10.1. The highest BCUT2D eigenvalue weighted by Gasteiger charge is 2.19. The van der Waals surface area contributed by atoms with E-state index in [0.717, 1.165) is 19.4 Å². The van der Waals surface area contributed by atoms with E-state index in [4.69, 9.17) is 9.84 Å². The van der Waals surface area contributed by atoms with Crippen LogP contribution in [0.5, 0.6) is 0 Å². The van der Waals surface area contributed by atoms with Crippen LogP contribution < -0.4 is 5.32 Å². The fourth-order valence-corrected chi connectivity index (χ4v) is 1.34. The number of ether oxygens (including phenoxy) is 1. The Morgan fingerprint density at radius 1 is 1.00 bits per heavy atom. The van der Waals surface area contributed by atoms with Crippen LogP contribution in [0.2, 0.25) is 0 Å². The Labute approximate surface area is 128 Å². The van der Waals surface area contributed by atoms with Crippen molar-refractivity contribution in [2.24, 2.45) is 0 Å². The third-order valence-corrected chi connectivity index (χ3v) is 1.91. The number of rotatable bonds is 2. The molecule has 0 aliphatic carbocycles. The Morgan fingerprint density at radius 3 is 1.65 bits per heavy atom. The second-order valence-corrected chi connectivity index (χ2v) is 3.95. The average molecular weight is 295 g/mol. The van der Waals surface area contributed by atoms with Crippen molar-refractivity contribution in [2.45, 2.75) is 66.6 Å². The Balaban J connectivity index is -0.000000121. The van der Waals surface area contributed by atoms with Crippen molar-refractivity contribution in [3.05, 3.63) is 0 Å². The van der Waals surface area contributed by atoms with Crippen LogP contribution >= 0.6 is 0 Å². The van der Waals surface area contributed by atoms with Gasteiger partial charge in [0.05, 0.1) is 18.8 Å². The second-order valence-electron chi connectivity index (χ2n) is 3.95. The van der Waals surface area contributed by atoms with Gasteiger partial charge in [-0.3, -0.25) is 0 Å². The van der Waals surface area contributed by atoms with Gasteiger partial charge in [0.15, 0.2) is 0 Å². The fourth-order valence-electron chi connectivity index (χ4n) is 1.34. The number of likely N-dealkylation sites (N-methyl/N-ethyl adjacent to an activating group) is 1. The molecule has 4 heteroatoms. The largest absolute Gasteiger partial charge is 0.391 e. The smallest absolute Gasteiger partial charge is 0.0774 e. The topological polar surface area (TPSA) is 44.7 Å². The van der Waals surface area contributed by atoms with Gasteiger partial charge < -0.3 is 20.1 Å². The first-order valence-electron chi connectivity index (χ1n) is 8.13. The van der Waals surface area contributed by atoms with E-state index in [9.17, 15) is 0 Å². The van der Waals surface area contributed by atoms with Gasteiger partial charge in [0, 0.05) is 6.54 Å². The van der Waals surface area contributed by atoms with Gasteiger partial charge in [-0.2, -0.15) is 0 Å². The molecule has 0 amide bonds. The molecular formula is C16H42N2O2. The molecule has 0 spiro atoms. The monoisotopic (exact) mass is 294 g/mol. The first-order valence-corrected chi connectivity index (χ1v) is 8.13. The molecule has 1 aliphatic rings. The number of nitrogens with one attached hydrogen (secondary N) is 1. The first-order chi connectivity index (χ1) is 9.60. The summed E-state index contributed by atoms with van der Waals surface area (Å²) in [5, 5.41) is 11.9. The number of aliphatic hydroxyl groups is 1. The van der Waals surface area contributed by atoms with Gasteiger partial charge in [0.2, 0.25) is 0 Å². The number of hydrogen-bond acceptors (Lipinski definition) is 4. The second kappa shape index (κ2) is 27.2. The summed E-state index contributed by atoms with van der Waals surface area (Å²) in [6, 6.07) is 0. The lowest BCUT2D eigenvalue weighted by Crippen LogP contribution is -2.35. The Kier molecular flexibility index (Phi) is 38.2. The Hall–Kier alpha value is -0.160. The molecule has 1 saturated heterocycles. The maximum Gasteiger partial charge on any atom is 0.0774 e. The molecule has 2 N–H and O–H groups in total. The molecule has 0 aromatic carbocycles. The summed E-state index contributed by atoms with van der Waals surface area (Å²) >= 11 is 0. The van der Waals surface area contributed by atoms with Gasteiger partial charge in [0.1, 0.15) is 0 Å². The molecule has 0 aromatic rings. The van der Waals surface area contributed by atoms with Gasteiger partial charge in [-0.05, 0) is 41.0 Å². The van der Waals surface area contributed by atoms with E-state index in [1.54, 1.807) is 0 Å². The van der Waals surface area contributed by atoms with Crippen molar-refractivity contribution in [3.63, 3.8) is 0 Å². The van der Waals surface area contributed by atoms with E-state index < -0.39 is 0 Å². The summed E-state index contributed by atoms with van der Waals surface area (Å²) in [6.45, 7) is 13.5. The normalized spacial score (nSPS) is 19.8. The zero-order chi connectivity index (χ0) is 17.0. The van der Waals surface area contributed by atoms with E-state index in [1.807, 2.05) is 69.7 Å². The van der Waals surface area contributed by atoms with Crippen LogP contribution in [0.25, 0.3) is 0 Å². The number of aliphatic hydroxyl groups excluding tert-OH is 1. The quantitative estimate of drug-likeness (QED) is 0.822. The summed E-state index contributed by atoms with van der Waals surface area (Å²) in [5.74, 6) is 0. The van der Waals surface area contributed by atoms with Crippen molar-refractivity contribution in [2.75, 3.05) is 41.3 Å². The van der Waals surface area contributed by atoms with Crippen molar-refractivity contribution < 1.29 is 9.84 Å². The fraction of sp³-hybridized carbons (Fsp3) is 1.00. The van der Waals surface area contributed by atoms with Crippen LogP contribution in [0.1, 0.15) is 54.4 Å². The predicted molar refractivity (Wildman–Crippen MR) is 92.6 cm³/mol. The highest BCUT2D eigenvalue weighted by atomic mass is 16.5. The number of hydrogen-bond donors (Lipinski definition) is 2. The molecule has 20 heavy (non-hydrogen) atoms. The van der Waals surface area contributed by atoms with E-state index in [1.165, 1.54) is 0 Å². The van der Waals surface area contributed by atoms with E-state index in [-0.39, 0.29) is 6.10 Å². The van der Waals surface area contributed by atoms with Crippen LogP contribution in [-0.4, -0.2) is 63.6 Å². The molecule has 0 aromatic heterocycles. The maximum atomic E-state index is 9.12. The van der Waals surface area contributed by atoms with Crippen LogP contribution in [0.3, 0.4) is 0 Å². The number of nitrogens with zero attached hydrogens (tertiary/aromatic N) is 1.